The molecule has 2 heterocycles. The number of carbonyl (C=O) groups is 2. The molecule has 2 amide bonds. The second kappa shape index (κ2) is 6.57. The molecule has 1 atom stereocenters. The van der Waals surface area contributed by atoms with E-state index in [4.69, 9.17) is 5.73 Å². The zero-order chi connectivity index (χ0) is 14.6. The van der Waals surface area contributed by atoms with Crippen LogP contribution in [0.2, 0.25) is 0 Å². The molecule has 2 saturated heterocycles. The second-order valence-corrected chi connectivity index (χ2v) is 6.56. The van der Waals surface area contributed by atoms with Gasteiger partial charge in [-0.3, -0.25) is 9.59 Å². The van der Waals surface area contributed by atoms with Gasteiger partial charge >= 0.3 is 0 Å². The van der Waals surface area contributed by atoms with Gasteiger partial charge in [-0.2, -0.15) is 0 Å². The first-order chi connectivity index (χ1) is 9.54. The third-order valence-corrected chi connectivity index (χ3v) is 4.65. The van der Waals surface area contributed by atoms with Crippen LogP contribution in [-0.2, 0) is 9.59 Å². The molecule has 2 fully saturated rings. The fourth-order valence-electron chi connectivity index (χ4n) is 3.05. The van der Waals surface area contributed by atoms with E-state index in [2.05, 4.69) is 6.92 Å². The van der Waals surface area contributed by atoms with Crippen LogP contribution >= 0.6 is 0 Å². The Kier molecular flexibility index (Phi) is 5.02. The number of nitrogens with zero attached hydrogens (tertiary/aromatic N) is 2. The van der Waals surface area contributed by atoms with E-state index in [1.54, 1.807) is 4.90 Å². The molecule has 20 heavy (non-hydrogen) atoms. The first-order valence-corrected chi connectivity index (χ1v) is 7.80. The van der Waals surface area contributed by atoms with Crippen LogP contribution in [-0.4, -0.2) is 54.3 Å². The van der Waals surface area contributed by atoms with E-state index in [9.17, 15) is 9.59 Å². The Hall–Kier alpha value is -1.10. The van der Waals surface area contributed by atoms with Gasteiger partial charge in [0.2, 0.25) is 11.8 Å². The Morgan fingerprint density at radius 2 is 2.00 bits per heavy atom. The van der Waals surface area contributed by atoms with Crippen LogP contribution < -0.4 is 5.73 Å². The van der Waals surface area contributed by atoms with Crippen LogP contribution in [0.25, 0.3) is 0 Å². The number of hydrogen-bond donors (Lipinski definition) is 1. The van der Waals surface area contributed by atoms with Gasteiger partial charge in [0, 0.05) is 26.1 Å². The minimum absolute atomic E-state index is 0.0515. The Bertz CT molecular complexity index is 372. The Labute approximate surface area is 121 Å². The maximum absolute atomic E-state index is 12.4. The molecule has 0 bridgehead atoms. The average molecular weight is 281 g/mol. The highest BCUT2D eigenvalue weighted by molar-refractivity contribution is 5.85. The molecule has 2 aliphatic heterocycles. The maximum atomic E-state index is 12.4. The summed E-state index contributed by atoms with van der Waals surface area (Å²) >= 11 is 0. The molecule has 0 aromatic rings. The molecule has 2 aliphatic rings. The number of carbonyl (C=O) groups excluding carboxylic acids is 2. The normalized spacial score (nSPS) is 28.4. The third kappa shape index (κ3) is 3.72. The summed E-state index contributed by atoms with van der Waals surface area (Å²) in [6.45, 7) is 5.21. The molecule has 2 N–H and O–H groups in total. The topological polar surface area (TPSA) is 66.6 Å². The summed E-state index contributed by atoms with van der Waals surface area (Å²) in [5.74, 6) is 0.218. The van der Waals surface area contributed by atoms with Gasteiger partial charge in [-0.05, 0) is 31.2 Å². The molecule has 0 aromatic heterocycles. The van der Waals surface area contributed by atoms with Crippen LogP contribution in [0, 0.1) is 5.41 Å². The lowest BCUT2D eigenvalue weighted by atomic mass is 9.90. The highest BCUT2D eigenvalue weighted by atomic mass is 16.2. The fraction of sp³-hybridized carbons (Fsp3) is 0.867. The number of nitrogens with two attached hydrogens (primary N) is 1. The van der Waals surface area contributed by atoms with Crippen molar-refractivity contribution in [3.63, 3.8) is 0 Å². The lowest BCUT2D eigenvalue weighted by Gasteiger charge is -2.27. The molecular weight excluding hydrogens is 254 g/mol. The van der Waals surface area contributed by atoms with Crippen molar-refractivity contribution in [2.45, 2.75) is 45.4 Å². The summed E-state index contributed by atoms with van der Waals surface area (Å²) in [6, 6.07) is 0. The lowest BCUT2D eigenvalue weighted by Crippen LogP contribution is -2.43. The molecular formula is C15H27N3O2. The van der Waals surface area contributed by atoms with Gasteiger partial charge in [0.05, 0.1) is 6.54 Å². The molecule has 0 saturated carbocycles. The van der Waals surface area contributed by atoms with Crippen LogP contribution in [0.5, 0.6) is 0 Å². The Balaban J connectivity index is 1.88. The molecule has 0 spiro atoms. The Morgan fingerprint density at radius 1 is 1.25 bits per heavy atom. The van der Waals surface area contributed by atoms with Crippen molar-refractivity contribution in [3.8, 4) is 0 Å². The first-order valence-electron chi connectivity index (χ1n) is 7.80. The summed E-state index contributed by atoms with van der Waals surface area (Å²) in [5, 5.41) is 0. The van der Waals surface area contributed by atoms with Crippen molar-refractivity contribution < 1.29 is 9.59 Å². The monoisotopic (exact) mass is 281 g/mol. The van der Waals surface area contributed by atoms with Gasteiger partial charge in [0.1, 0.15) is 0 Å². The highest BCUT2D eigenvalue weighted by Gasteiger charge is 2.35. The minimum Gasteiger partial charge on any atom is -0.341 e. The van der Waals surface area contributed by atoms with E-state index in [1.165, 1.54) is 0 Å². The summed E-state index contributed by atoms with van der Waals surface area (Å²) in [7, 11) is 0. The zero-order valence-corrected chi connectivity index (χ0v) is 12.6. The van der Waals surface area contributed by atoms with E-state index < -0.39 is 0 Å². The van der Waals surface area contributed by atoms with E-state index in [0.717, 1.165) is 51.7 Å². The van der Waals surface area contributed by atoms with Gasteiger partial charge < -0.3 is 15.5 Å². The van der Waals surface area contributed by atoms with Gasteiger partial charge in [0.25, 0.3) is 0 Å². The SMILES string of the molecule is CC1(CN)CCN(C(=O)CN2CCCCCCC2=O)C1. The summed E-state index contributed by atoms with van der Waals surface area (Å²) in [4.78, 5) is 28.0. The van der Waals surface area contributed by atoms with Crippen molar-refractivity contribution in [2.24, 2.45) is 11.1 Å². The van der Waals surface area contributed by atoms with Gasteiger partial charge in [-0.25, -0.2) is 0 Å². The lowest BCUT2D eigenvalue weighted by molar-refractivity contribution is -0.140. The summed E-state index contributed by atoms with van der Waals surface area (Å²) in [6.07, 6.45) is 5.82. The zero-order valence-electron chi connectivity index (χ0n) is 12.6. The van der Waals surface area contributed by atoms with Crippen molar-refractivity contribution in [1.82, 2.24) is 9.80 Å². The predicted octanol–water partition coefficient (Wildman–Crippen LogP) is 0.976. The molecule has 2 rings (SSSR count). The standard InChI is InChI=1S/C15H27N3O2/c1-15(11-16)7-9-18(12-15)14(20)10-17-8-5-3-2-4-6-13(17)19/h2-12,16H2,1H3. The van der Waals surface area contributed by atoms with Crippen molar-refractivity contribution in [1.29, 1.82) is 0 Å². The maximum Gasteiger partial charge on any atom is 0.242 e. The van der Waals surface area contributed by atoms with Crippen molar-refractivity contribution >= 4 is 11.8 Å². The quantitative estimate of drug-likeness (QED) is 0.838. The number of amides is 2. The molecule has 0 aliphatic carbocycles. The van der Waals surface area contributed by atoms with E-state index in [1.807, 2.05) is 4.90 Å². The summed E-state index contributed by atoms with van der Waals surface area (Å²) < 4.78 is 0. The first kappa shape index (κ1) is 15.3. The van der Waals surface area contributed by atoms with Crippen molar-refractivity contribution in [2.75, 3.05) is 32.7 Å². The van der Waals surface area contributed by atoms with E-state index in [0.29, 0.717) is 13.0 Å². The molecule has 5 heteroatoms. The van der Waals surface area contributed by atoms with Crippen LogP contribution in [0.1, 0.15) is 45.4 Å². The van der Waals surface area contributed by atoms with Crippen LogP contribution in [0.3, 0.4) is 0 Å². The fourth-order valence-corrected chi connectivity index (χ4v) is 3.05. The van der Waals surface area contributed by atoms with Crippen LogP contribution in [0.15, 0.2) is 0 Å². The van der Waals surface area contributed by atoms with Gasteiger partial charge in [0.15, 0.2) is 0 Å². The number of likely N-dealkylation sites (tertiary alicyclic amines) is 2. The number of rotatable bonds is 3. The van der Waals surface area contributed by atoms with Crippen molar-refractivity contribution in [3.05, 3.63) is 0 Å². The molecule has 0 aromatic carbocycles. The number of hydrogen-bond acceptors (Lipinski definition) is 3. The van der Waals surface area contributed by atoms with E-state index >= 15 is 0 Å². The Morgan fingerprint density at radius 3 is 2.70 bits per heavy atom. The molecule has 5 nitrogen and oxygen atoms in total. The van der Waals surface area contributed by atoms with Crippen LogP contribution in [0.4, 0.5) is 0 Å². The van der Waals surface area contributed by atoms with Gasteiger partial charge in [-0.1, -0.05) is 19.8 Å². The summed E-state index contributed by atoms with van der Waals surface area (Å²) in [5.41, 5.74) is 5.82. The largest absolute Gasteiger partial charge is 0.341 e. The second-order valence-electron chi connectivity index (χ2n) is 6.56. The molecule has 0 radical (unpaired) electrons. The third-order valence-electron chi connectivity index (χ3n) is 4.65. The molecule has 114 valence electrons. The highest BCUT2D eigenvalue weighted by Crippen LogP contribution is 2.28. The predicted molar refractivity (Wildman–Crippen MR) is 78.0 cm³/mol. The smallest absolute Gasteiger partial charge is 0.242 e. The van der Waals surface area contributed by atoms with Gasteiger partial charge in [-0.15, -0.1) is 0 Å². The average Bonchev–Trinajstić information content (AvgIpc) is 2.82. The van der Waals surface area contributed by atoms with E-state index in [-0.39, 0.29) is 23.8 Å². The molecule has 1 unspecified atom stereocenters. The minimum atomic E-state index is 0.0515.